The van der Waals surface area contributed by atoms with Gasteiger partial charge in [0.2, 0.25) is 0 Å². The molecule has 0 N–H and O–H groups in total. The summed E-state index contributed by atoms with van der Waals surface area (Å²) in [5.74, 6) is -0.414. The highest BCUT2D eigenvalue weighted by molar-refractivity contribution is 6.31. The van der Waals surface area contributed by atoms with E-state index in [1.54, 1.807) is 47.4 Å². The third-order valence-corrected chi connectivity index (χ3v) is 7.30. The Labute approximate surface area is 205 Å². The number of nitrogens with zero attached hydrogens (tertiary/aromatic N) is 5. The lowest BCUT2D eigenvalue weighted by molar-refractivity contribution is -0.121. The van der Waals surface area contributed by atoms with Crippen molar-refractivity contribution in [1.29, 1.82) is 5.26 Å². The number of likely N-dealkylation sites (tertiary alicyclic amines) is 1. The van der Waals surface area contributed by atoms with Gasteiger partial charge < -0.3 is 14.5 Å². The van der Waals surface area contributed by atoms with Crippen molar-refractivity contribution in [3.05, 3.63) is 71.0 Å². The largest absolute Gasteiger partial charge is 0.444 e. The molecule has 3 aliphatic heterocycles. The fraction of sp³-hybridized carbons (Fsp3) is 0.240. The number of benzene rings is 2. The Morgan fingerprint density at radius 2 is 1.89 bits per heavy atom. The summed E-state index contributed by atoms with van der Waals surface area (Å²) in [5.41, 5.74) is 1.24. The van der Waals surface area contributed by atoms with Crippen molar-refractivity contribution >= 4 is 46.1 Å². The Kier molecular flexibility index (Phi) is 4.86. The molecule has 4 amide bonds. The van der Waals surface area contributed by atoms with Gasteiger partial charge in [-0.2, -0.15) is 5.26 Å². The van der Waals surface area contributed by atoms with Gasteiger partial charge in [-0.1, -0.05) is 54.1 Å². The molecule has 1 aromatic heterocycles. The van der Waals surface area contributed by atoms with Crippen LogP contribution < -0.4 is 4.90 Å². The number of ether oxygens (including phenoxy) is 1. The molecule has 0 radical (unpaired) electrons. The lowest BCUT2D eigenvalue weighted by Gasteiger charge is -2.34. The van der Waals surface area contributed by atoms with Crippen LogP contribution in [0.3, 0.4) is 0 Å². The van der Waals surface area contributed by atoms with Crippen LogP contribution in [0, 0.1) is 11.3 Å². The Morgan fingerprint density at radius 3 is 2.66 bits per heavy atom. The number of rotatable bonds is 3. The zero-order valence-corrected chi connectivity index (χ0v) is 19.1. The fourth-order valence-electron chi connectivity index (χ4n) is 5.37. The molecule has 3 fully saturated rings. The van der Waals surface area contributed by atoms with Crippen molar-refractivity contribution in [3.8, 4) is 6.07 Å². The van der Waals surface area contributed by atoms with Gasteiger partial charge in [0, 0.05) is 27.9 Å². The number of anilines is 1. The molecule has 174 valence electrons. The summed E-state index contributed by atoms with van der Waals surface area (Å²) < 4.78 is 5.48. The summed E-state index contributed by atoms with van der Waals surface area (Å²) in [6.07, 6.45) is 1.36. The summed E-state index contributed by atoms with van der Waals surface area (Å²) in [6, 6.07) is 14.2. The first-order valence-corrected chi connectivity index (χ1v) is 11.5. The van der Waals surface area contributed by atoms with E-state index in [0.717, 1.165) is 4.90 Å². The lowest BCUT2D eigenvalue weighted by atomic mass is 10.1. The molecule has 10 heteroatoms. The van der Waals surface area contributed by atoms with Crippen LogP contribution in [0.2, 0.25) is 5.02 Å². The normalized spacial score (nSPS) is 22.6. The van der Waals surface area contributed by atoms with Crippen LogP contribution in [0.4, 0.5) is 15.3 Å². The molecule has 2 unspecified atom stereocenters. The number of fused-ring (bicyclic) bond motifs is 6. The zero-order valence-electron chi connectivity index (χ0n) is 18.3. The molecule has 3 aromatic rings. The molecule has 9 nitrogen and oxygen atoms in total. The number of urea groups is 1. The molecule has 0 spiro atoms. The molecule has 6 rings (SSSR count). The van der Waals surface area contributed by atoms with Gasteiger partial charge in [-0.15, -0.1) is 0 Å². The molecule has 3 saturated heterocycles. The first kappa shape index (κ1) is 21.4. The van der Waals surface area contributed by atoms with E-state index in [1.165, 1.54) is 11.1 Å². The quantitative estimate of drug-likeness (QED) is 0.521. The van der Waals surface area contributed by atoms with Crippen LogP contribution in [-0.2, 0) is 16.1 Å². The van der Waals surface area contributed by atoms with Crippen LogP contribution in [0.1, 0.15) is 17.7 Å². The molecular weight excluding hydrogens is 470 g/mol. The first-order chi connectivity index (χ1) is 17.0. The third-order valence-electron chi connectivity index (χ3n) is 6.93. The van der Waals surface area contributed by atoms with Gasteiger partial charge in [-0.05, 0) is 12.5 Å². The van der Waals surface area contributed by atoms with Gasteiger partial charge in [-0.25, -0.2) is 19.5 Å². The summed E-state index contributed by atoms with van der Waals surface area (Å²) in [7, 11) is 0. The van der Waals surface area contributed by atoms with Crippen molar-refractivity contribution in [2.24, 2.45) is 0 Å². The lowest BCUT2D eigenvalue weighted by Crippen LogP contribution is -2.54. The van der Waals surface area contributed by atoms with E-state index in [0.29, 0.717) is 40.0 Å². The number of piperazine rings is 1. The highest BCUT2D eigenvalue weighted by Crippen LogP contribution is 2.43. The summed E-state index contributed by atoms with van der Waals surface area (Å²) >= 11 is 6.15. The maximum Gasteiger partial charge on any atom is 0.410 e. The number of aromatic nitrogens is 1. The molecule has 2 bridgehead atoms. The van der Waals surface area contributed by atoms with Gasteiger partial charge in [0.1, 0.15) is 24.4 Å². The minimum absolute atomic E-state index is 0.0165. The Hall–Kier alpha value is -4.16. The van der Waals surface area contributed by atoms with E-state index in [-0.39, 0.29) is 18.3 Å². The van der Waals surface area contributed by atoms with Crippen LogP contribution in [0.25, 0.3) is 10.8 Å². The van der Waals surface area contributed by atoms with Crippen LogP contribution in [0.15, 0.2) is 54.7 Å². The van der Waals surface area contributed by atoms with E-state index >= 15 is 0 Å². The van der Waals surface area contributed by atoms with Crippen LogP contribution in [0.5, 0.6) is 0 Å². The number of nitriles is 1. The Bertz CT molecular complexity index is 1450. The standard InChI is InChI=1S/C25H18ClN5O4/c26-18-8-4-1-5-14(18)13-35-25(34)29-12-15-9-20(29)22-23(32)31(24(33)30(15)22)21-11-28-19(10-27)16-6-2-3-7-17(16)21/h1-8,11,15,20,22H,9,12-13H2/t15?,20?,22-/m0/s1. The molecule has 0 aliphatic carbocycles. The second-order valence-corrected chi connectivity index (χ2v) is 9.12. The van der Waals surface area contributed by atoms with Gasteiger partial charge in [0.05, 0.1) is 24.0 Å². The number of hydrogen-bond donors (Lipinski definition) is 0. The molecular formula is C25H18ClN5O4. The fourth-order valence-corrected chi connectivity index (χ4v) is 5.56. The molecule has 4 heterocycles. The van der Waals surface area contributed by atoms with Gasteiger partial charge in [0.15, 0.2) is 0 Å². The molecule has 0 saturated carbocycles. The smallest absolute Gasteiger partial charge is 0.410 e. The average Bonchev–Trinajstić information content (AvgIpc) is 3.54. The van der Waals surface area contributed by atoms with Crippen molar-refractivity contribution in [2.45, 2.75) is 31.2 Å². The maximum absolute atomic E-state index is 13.6. The topological polar surface area (TPSA) is 107 Å². The zero-order chi connectivity index (χ0) is 24.3. The number of halogens is 1. The monoisotopic (exact) mass is 487 g/mol. The number of pyridine rings is 1. The second kappa shape index (κ2) is 7.96. The number of hydrogen-bond acceptors (Lipinski definition) is 6. The van der Waals surface area contributed by atoms with E-state index < -0.39 is 30.1 Å². The van der Waals surface area contributed by atoms with E-state index in [2.05, 4.69) is 4.98 Å². The maximum atomic E-state index is 13.6. The number of imide groups is 1. The van der Waals surface area contributed by atoms with Gasteiger partial charge >= 0.3 is 12.1 Å². The SMILES string of the molecule is N#Cc1ncc(N2C(=O)[C@@H]3C4CC(CN4C(=O)OCc4ccccc4Cl)N3C2=O)c2ccccc12. The number of carbonyl (C=O) groups is 3. The Morgan fingerprint density at radius 1 is 1.14 bits per heavy atom. The predicted molar refractivity (Wildman–Crippen MR) is 126 cm³/mol. The first-order valence-electron chi connectivity index (χ1n) is 11.1. The average molecular weight is 488 g/mol. The van der Waals surface area contributed by atoms with Crippen LogP contribution in [-0.4, -0.2) is 57.5 Å². The third kappa shape index (κ3) is 3.14. The summed E-state index contributed by atoms with van der Waals surface area (Å²) in [6.45, 7) is 0.310. The highest BCUT2D eigenvalue weighted by atomic mass is 35.5. The minimum Gasteiger partial charge on any atom is -0.444 e. The van der Waals surface area contributed by atoms with Crippen molar-refractivity contribution in [2.75, 3.05) is 11.4 Å². The predicted octanol–water partition coefficient (Wildman–Crippen LogP) is 3.69. The second-order valence-electron chi connectivity index (χ2n) is 8.71. The van der Waals surface area contributed by atoms with Crippen LogP contribution >= 0.6 is 11.6 Å². The van der Waals surface area contributed by atoms with E-state index in [1.807, 2.05) is 12.1 Å². The molecule has 35 heavy (non-hydrogen) atoms. The molecule has 2 aromatic carbocycles. The van der Waals surface area contributed by atoms with E-state index in [9.17, 15) is 19.6 Å². The Balaban J connectivity index is 1.27. The number of amides is 4. The summed E-state index contributed by atoms with van der Waals surface area (Å²) in [4.78, 5) is 48.2. The highest BCUT2D eigenvalue weighted by Gasteiger charge is 2.63. The van der Waals surface area contributed by atoms with Crippen molar-refractivity contribution < 1.29 is 19.1 Å². The molecule has 3 atom stereocenters. The minimum atomic E-state index is -0.788. The van der Waals surface area contributed by atoms with Crippen molar-refractivity contribution in [1.82, 2.24) is 14.8 Å². The summed E-state index contributed by atoms with van der Waals surface area (Å²) in [5, 5.41) is 11.0. The van der Waals surface area contributed by atoms with Crippen molar-refractivity contribution in [3.63, 3.8) is 0 Å². The van der Waals surface area contributed by atoms with Gasteiger partial charge in [-0.3, -0.25) is 4.79 Å². The molecule has 3 aliphatic rings. The van der Waals surface area contributed by atoms with Gasteiger partial charge in [0.25, 0.3) is 5.91 Å². The number of carbonyl (C=O) groups excluding carboxylic acids is 3. The van der Waals surface area contributed by atoms with E-state index in [4.69, 9.17) is 16.3 Å².